The summed E-state index contributed by atoms with van der Waals surface area (Å²) in [6.07, 6.45) is 3.13. The first kappa shape index (κ1) is 19.6. The second-order valence-corrected chi connectivity index (χ2v) is 8.32. The molecule has 4 rings (SSSR count). The molecule has 1 aromatic heterocycles. The number of nitrogens with zero attached hydrogens (tertiary/aromatic N) is 3. The molecule has 1 spiro atoms. The number of benzene rings is 1. The number of halogens is 1. The summed E-state index contributed by atoms with van der Waals surface area (Å²) < 4.78 is 13.5. The van der Waals surface area contributed by atoms with Crippen LogP contribution >= 0.6 is 0 Å². The molecule has 1 aromatic carbocycles. The number of likely N-dealkylation sites (tertiary alicyclic amines) is 2. The normalized spacial score (nSPS) is 18.9. The third kappa shape index (κ3) is 4.31. The van der Waals surface area contributed by atoms with E-state index >= 15 is 0 Å². The largest absolute Gasteiger partial charge is 0.339 e. The van der Waals surface area contributed by atoms with E-state index < -0.39 is 5.82 Å². The Morgan fingerprint density at radius 2 is 1.90 bits per heavy atom. The fourth-order valence-corrected chi connectivity index (χ4v) is 4.53. The summed E-state index contributed by atoms with van der Waals surface area (Å²) in [7, 11) is 0. The number of aromatic nitrogens is 1. The van der Waals surface area contributed by atoms with Gasteiger partial charge in [0.15, 0.2) is 0 Å². The van der Waals surface area contributed by atoms with Crippen molar-refractivity contribution in [3.05, 3.63) is 65.2 Å². The van der Waals surface area contributed by atoms with E-state index in [0.29, 0.717) is 38.2 Å². The number of piperidine rings is 2. The Labute approximate surface area is 170 Å². The number of hydrogen-bond acceptors (Lipinski definition) is 3. The molecule has 2 fully saturated rings. The van der Waals surface area contributed by atoms with Crippen molar-refractivity contribution in [2.24, 2.45) is 5.41 Å². The Bertz CT molecular complexity index is 922. The van der Waals surface area contributed by atoms with Gasteiger partial charge in [-0.25, -0.2) is 4.39 Å². The van der Waals surface area contributed by atoms with Gasteiger partial charge in [-0.1, -0.05) is 12.1 Å². The van der Waals surface area contributed by atoms with E-state index in [2.05, 4.69) is 4.98 Å². The molecule has 3 heterocycles. The van der Waals surface area contributed by atoms with Crippen LogP contribution in [0.5, 0.6) is 0 Å². The molecule has 0 radical (unpaired) electrons. The molecule has 2 amide bonds. The van der Waals surface area contributed by atoms with Crippen molar-refractivity contribution < 1.29 is 14.0 Å². The van der Waals surface area contributed by atoms with Crippen LogP contribution in [0.1, 0.15) is 47.4 Å². The molecule has 2 aliphatic rings. The van der Waals surface area contributed by atoms with Gasteiger partial charge in [-0.2, -0.15) is 0 Å². The smallest absolute Gasteiger partial charge is 0.253 e. The number of amides is 2. The lowest BCUT2D eigenvalue weighted by Crippen LogP contribution is -2.52. The Kier molecular flexibility index (Phi) is 5.35. The van der Waals surface area contributed by atoms with Gasteiger partial charge in [-0.3, -0.25) is 14.6 Å². The highest BCUT2D eigenvalue weighted by Gasteiger charge is 2.41. The van der Waals surface area contributed by atoms with Crippen LogP contribution in [0.2, 0.25) is 0 Å². The van der Waals surface area contributed by atoms with Crippen LogP contribution in [-0.4, -0.2) is 46.2 Å². The second-order valence-electron chi connectivity index (χ2n) is 8.32. The van der Waals surface area contributed by atoms with Gasteiger partial charge in [0, 0.05) is 37.3 Å². The number of rotatable bonds is 3. The maximum absolute atomic E-state index is 13.5. The molecule has 5 nitrogen and oxygen atoms in total. The molecule has 0 unspecified atom stereocenters. The molecule has 0 bridgehead atoms. The van der Waals surface area contributed by atoms with Crippen LogP contribution in [0.15, 0.2) is 42.5 Å². The standard InChI is InChI=1S/C23H26FN3O2/c1-17-4-2-7-20(25-17)15-27-16-23(9-8-21(27)28)10-12-26(13-11-23)22(29)18-5-3-6-19(24)14-18/h2-7,14H,8-13,15-16H2,1H3. The SMILES string of the molecule is Cc1cccc(CN2CC3(CCC2=O)CCN(C(=O)c2cccc(F)c2)CC3)n1. The summed E-state index contributed by atoms with van der Waals surface area (Å²) in [5.41, 5.74) is 2.31. The molecule has 2 aliphatic heterocycles. The third-order valence-electron chi connectivity index (χ3n) is 6.23. The molecule has 29 heavy (non-hydrogen) atoms. The molecule has 6 heteroatoms. The van der Waals surface area contributed by atoms with Crippen LogP contribution in [0, 0.1) is 18.2 Å². The van der Waals surface area contributed by atoms with Crippen LogP contribution < -0.4 is 0 Å². The number of pyridine rings is 1. The summed E-state index contributed by atoms with van der Waals surface area (Å²) in [5.74, 6) is -0.334. The molecule has 152 valence electrons. The van der Waals surface area contributed by atoms with Gasteiger partial charge in [0.05, 0.1) is 12.2 Å². The Hall–Kier alpha value is -2.76. The monoisotopic (exact) mass is 395 g/mol. The fraction of sp³-hybridized carbons (Fsp3) is 0.435. The van der Waals surface area contributed by atoms with Gasteiger partial charge >= 0.3 is 0 Å². The highest BCUT2D eigenvalue weighted by atomic mass is 19.1. The molecule has 2 saturated heterocycles. The van der Waals surface area contributed by atoms with Crippen LogP contribution in [0.4, 0.5) is 4.39 Å². The van der Waals surface area contributed by atoms with Crippen LogP contribution in [0.3, 0.4) is 0 Å². The Balaban J connectivity index is 1.41. The van der Waals surface area contributed by atoms with E-state index in [9.17, 15) is 14.0 Å². The number of carbonyl (C=O) groups excluding carboxylic acids is 2. The molecule has 0 atom stereocenters. The average molecular weight is 395 g/mol. The number of hydrogen-bond donors (Lipinski definition) is 0. The second kappa shape index (κ2) is 7.93. The van der Waals surface area contributed by atoms with E-state index in [1.54, 1.807) is 12.1 Å². The van der Waals surface area contributed by atoms with E-state index in [0.717, 1.165) is 30.7 Å². The highest BCUT2D eigenvalue weighted by Crippen LogP contribution is 2.40. The van der Waals surface area contributed by atoms with Crippen molar-refractivity contribution in [2.45, 2.75) is 39.2 Å². The van der Waals surface area contributed by atoms with Crippen LogP contribution in [0.25, 0.3) is 0 Å². The topological polar surface area (TPSA) is 53.5 Å². The molecular weight excluding hydrogens is 369 g/mol. The molecule has 2 aromatic rings. The van der Waals surface area contributed by atoms with Gasteiger partial charge in [0.2, 0.25) is 5.91 Å². The zero-order chi connectivity index (χ0) is 20.4. The van der Waals surface area contributed by atoms with E-state index in [1.807, 2.05) is 34.9 Å². The first-order chi connectivity index (χ1) is 13.9. The molecule has 0 aliphatic carbocycles. The lowest BCUT2D eigenvalue weighted by Gasteiger charge is -2.47. The van der Waals surface area contributed by atoms with E-state index in [-0.39, 0.29) is 17.2 Å². The van der Waals surface area contributed by atoms with Gasteiger partial charge < -0.3 is 9.80 Å². The summed E-state index contributed by atoms with van der Waals surface area (Å²) >= 11 is 0. The van der Waals surface area contributed by atoms with Crippen molar-refractivity contribution in [1.29, 1.82) is 0 Å². The minimum atomic E-state index is -0.393. The number of aryl methyl sites for hydroxylation is 1. The van der Waals surface area contributed by atoms with Gasteiger partial charge in [-0.15, -0.1) is 0 Å². The average Bonchev–Trinajstić information content (AvgIpc) is 2.71. The summed E-state index contributed by atoms with van der Waals surface area (Å²) in [6.45, 7) is 4.48. The predicted molar refractivity (Wildman–Crippen MR) is 108 cm³/mol. The Morgan fingerprint density at radius 3 is 2.62 bits per heavy atom. The zero-order valence-electron chi connectivity index (χ0n) is 16.7. The highest BCUT2D eigenvalue weighted by molar-refractivity contribution is 5.94. The van der Waals surface area contributed by atoms with Crippen LogP contribution in [-0.2, 0) is 11.3 Å². The van der Waals surface area contributed by atoms with Gasteiger partial charge in [0.25, 0.3) is 5.91 Å². The fourth-order valence-electron chi connectivity index (χ4n) is 4.53. The van der Waals surface area contributed by atoms with E-state index in [1.165, 1.54) is 12.1 Å². The lowest BCUT2D eigenvalue weighted by molar-refractivity contribution is -0.139. The van der Waals surface area contributed by atoms with Gasteiger partial charge in [-0.05, 0) is 61.9 Å². The minimum absolute atomic E-state index is 0.0520. The van der Waals surface area contributed by atoms with Crippen molar-refractivity contribution >= 4 is 11.8 Å². The number of carbonyl (C=O) groups is 2. The quantitative estimate of drug-likeness (QED) is 0.798. The summed E-state index contributed by atoms with van der Waals surface area (Å²) in [5, 5.41) is 0. The van der Waals surface area contributed by atoms with Crippen molar-refractivity contribution in [3.8, 4) is 0 Å². The van der Waals surface area contributed by atoms with Gasteiger partial charge in [0.1, 0.15) is 5.82 Å². The summed E-state index contributed by atoms with van der Waals surface area (Å²) in [4.78, 5) is 33.5. The molecule has 0 saturated carbocycles. The summed E-state index contributed by atoms with van der Waals surface area (Å²) in [6, 6.07) is 11.7. The zero-order valence-corrected chi connectivity index (χ0v) is 16.7. The van der Waals surface area contributed by atoms with Crippen molar-refractivity contribution in [3.63, 3.8) is 0 Å². The Morgan fingerprint density at radius 1 is 1.14 bits per heavy atom. The van der Waals surface area contributed by atoms with Crippen molar-refractivity contribution in [1.82, 2.24) is 14.8 Å². The first-order valence-corrected chi connectivity index (χ1v) is 10.2. The molecular formula is C23H26FN3O2. The van der Waals surface area contributed by atoms with E-state index in [4.69, 9.17) is 0 Å². The predicted octanol–water partition coefficient (Wildman–Crippen LogP) is 3.57. The van der Waals surface area contributed by atoms with Crippen molar-refractivity contribution in [2.75, 3.05) is 19.6 Å². The first-order valence-electron chi connectivity index (χ1n) is 10.2. The maximum Gasteiger partial charge on any atom is 0.253 e. The maximum atomic E-state index is 13.5. The third-order valence-corrected chi connectivity index (χ3v) is 6.23. The lowest BCUT2D eigenvalue weighted by atomic mass is 9.72. The molecule has 0 N–H and O–H groups in total. The minimum Gasteiger partial charge on any atom is -0.339 e.